The topological polar surface area (TPSA) is 179 Å². The first-order valence-corrected chi connectivity index (χ1v) is 11.9. The summed E-state index contributed by atoms with van der Waals surface area (Å²) in [5.74, 6) is -1.72. The van der Waals surface area contributed by atoms with Gasteiger partial charge in [-0.2, -0.15) is 8.42 Å². The standard InChI is InChI=1S/C19H25BN4O4.CH4O3S/c1-13(2)10-17(20(27)28)24-18(25)15(11-14-6-4-3-5-7-14)23-19(26)16-12-21-8-9-22-16;1-5(2,3)4/h3-9,12-13,15,17,27-28H,10-11H2,1-2H3,(H,23,26)(H,24,25);1H3,(H,2,3,4). The minimum absolute atomic E-state index is 0.0919. The Labute approximate surface area is 193 Å². The number of hydrogen-bond donors (Lipinski definition) is 5. The summed E-state index contributed by atoms with van der Waals surface area (Å²) in [4.78, 5) is 33.1. The van der Waals surface area contributed by atoms with E-state index >= 15 is 0 Å². The predicted molar refractivity (Wildman–Crippen MR) is 122 cm³/mol. The number of nitrogens with zero attached hydrogens (tertiary/aromatic N) is 2. The molecule has 2 atom stereocenters. The molecule has 1 aromatic heterocycles. The molecule has 0 aliphatic rings. The van der Waals surface area contributed by atoms with Crippen LogP contribution in [-0.2, 0) is 21.3 Å². The van der Waals surface area contributed by atoms with Gasteiger partial charge in [0.05, 0.1) is 18.4 Å². The van der Waals surface area contributed by atoms with Crippen molar-refractivity contribution in [3.63, 3.8) is 0 Å². The van der Waals surface area contributed by atoms with Crippen molar-refractivity contribution in [3.8, 4) is 0 Å². The lowest BCUT2D eigenvalue weighted by atomic mass is 9.75. The lowest BCUT2D eigenvalue weighted by molar-refractivity contribution is -0.123. The molecule has 5 N–H and O–H groups in total. The first kappa shape index (κ1) is 28.2. The van der Waals surface area contributed by atoms with E-state index in [4.69, 9.17) is 4.55 Å². The predicted octanol–water partition coefficient (Wildman–Crippen LogP) is -0.135. The van der Waals surface area contributed by atoms with E-state index < -0.39 is 41.0 Å². The molecular weight excluding hydrogens is 451 g/mol. The molecule has 1 aromatic carbocycles. The van der Waals surface area contributed by atoms with Crippen molar-refractivity contribution >= 4 is 29.1 Å². The SMILES string of the molecule is CC(C)CC(NC(=O)C(Cc1ccccc1)NC(=O)c1cnccn1)B(O)O.CS(=O)(=O)O. The average Bonchev–Trinajstić information content (AvgIpc) is 2.72. The molecule has 0 fully saturated rings. The van der Waals surface area contributed by atoms with Crippen LogP contribution in [0, 0.1) is 5.92 Å². The van der Waals surface area contributed by atoms with Gasteiger partial charge in [-0.25, -0.2) is 4.98 Å². The Morgan fingerprint density at radius 1 is 1.09 bits per heavy atom. The Morgan fingerprint density at radius 3 is 2.18 bits per heavy atom. The molecule has 180 valence electrons. The number of carbonyl (C=O) groups is 2. The minimum Gasteiger partial charge on any atom is -0.426 e. The number of nitrogens with one attached hydrogen (secondary N) is 2. The summed E-state index contributed by atoms with van der Waals surface area (Å²) in [6, 6.07) is 8.33. The summed E-state index contributed by atoms with van der Waals surface area (Å²) < 4.78 is 25.9. The van der Waals surface area contributed by atoms with Gasteiger partial charge < -0.3 is 20.7 Å². The number of hydrogen-bond acceptors (Lipinski definition) is 8. The summed E-state index contributed by atoms with van der Waals surface area (Å²) in [5.41, 5.74) is 0.946. The Hall–Kier alpha value is -2.87. The lowest BCUT2D eigenvalue weighted by Crippen LogP contribution is -2.55. The molecule has 2 aromatic rings. The van der Waals surface area contributed by atoms with E-state index in [0.717, 1.165) is 5.56 Å². The average molecular weight is 480 g/mol. The molecule has 33 heavy (non-hydrogen) atoms. The Bertz CT molecular complexity index is 968. The van der Waals surface area contributed by atoms with Crippen LogP contribution in [0.2, 0.25) is 0 Å². The minimum atomic E-state index is -3.67. The highest BCUT2D eigenvalue weighted by Gasteiger charge is 2.30. The van der Waals surface area contributed by atoms with Gasteiger partial charge in [-0.15, -0.1) is 0 Å². The van der Waals surface area contributed by atoms with Crippen LogP contribution < -0.4 is 10.6 Å². The van der Waals surface area contributed by atoms with E-state index in [1.807, 2.05) is 44.2 Å². The van der Waals surface area contributed by atoms with Crippen molar-refractivity contribution in [2.75, 3.05) is 6.26 Å². The second kappa shape index (κ2) is 13.6. The van der Waals surface area contributed by atoms with Gasteiger partial charge >= 0.3 is 7.12 Å². The summed E-state index contributed by atoms with van der Waals surface area (Å²) in [6.45, 7) is 3.83. The fraction of sp³-hybridized carbons (Fsp3) is 0.400. The third kappa shape index (κ3) is 12.7. The van der Waals surface area contributed by atoms with Crippen LogP contribution in [0.15, 0.2) is 48.9 Å². The van der Waals surface area contributed by atoms with Crippen LogP contribution in [0.25, 0.3) is 0 Å². The molecule has 0 saturated carbocycles. The first-order valence-electron chi connectivity index (χ1n) is 10.1. The quantitative estimate of drug-likeness (QED) is 0.241. The first-order chi connectivity index (χ1) is 15.4. The van der Waals surface area contributed by atoms with Crippen molar-refractivity contribution in [2.45, 2.75) is 38.7 Å². The molecule has 2 rings (SSSR count). The van der Waals surface area contributed by atoms with Gasteiger partial charge in [-0.05, 0) is 17.9 Å². The molecule has 11 nitrogen and oxygen atoms in total. The second-order valence-corrected chi connectivity index (χ2v) is 9.16. The molecule has 2 unspecified atom stereocenters. The second-order valence-electron chi connectivity index (χ2n) is 7.70. The zero-order valence-electron chi connectivity index (χ0n) is 18.6. The lowest BCUT2D eigenvalue weighted by Gasteiger charge is -2.24. The number of aromatic nitrogens is 2. The van der Waals surface area contributed by atoms with Crippen molar-refractivity contribution in [1.82, 2.24) is 20.6 Å². The van der Waals surface area contributed by atoms with Crippen LogP contribution in [0.5, 0.6) is 0 Å². The van der Waals surface area contributed by atoms with Crippen LogP contribution in [0.3, 0.4) is 0 Å². The third-order valence-electron chi connectivity index (χ3n) is 4.11. The monoisotopic (exact) mass is 480 g/mol. The van der Waals surface area contributed by atoms with Gasteiger partial charge in [-0.1, -0.05) is 44.2 Å². The van der Waals surface area contributed by atoms with Crippen LogP contribution in [-0.4, -0.2) is 70.2 Å². The van der Waals surface area contributed by atoms with E-state index in [0.29, 0.717) is 12.7 Å². The highest BCUT2D eigenvalue weighted by Crippen LogP contribution is 2.09. The zero-order chi connectivity index (χ0) is 25.0. The van der Waals surface area contributed by atoms with Crippen molar-refractivity contribution in [1.29, 1.82) is 0 Å². The third-order valence-corrected chi connectivity index (χ3v) is 4.11. The molecule has 2 amide bonds. The summed E-state index contributed by atoms with van der Waals surface area (Å²) >= 11 is 0. The largest absolute Gasteiger partial charge is 0.475 e. The van der Waals surface area contributed by atoms with Crippen LogP contribution in [0.1, 0.15) is 36.3 Å². The number of rotatable bonds is 9. The van der Waals surface area contributed by atoms with E-state index in [9.17, 15) is 28.1 Å². The molecule has 1 heterocycles. The van der Waals surface area contributed by atoms with E-state index in [1.54, 1.807) is 0 Å². The maximum absolute atomic E-state index is 12.8. The van der Waals surface area contributed by atoms with Crippen molar-refractivity contribution in [3.05, 3.63) is 60.2 Å². The fourth-order valence-corrected chi connectivity index (χ4v) is 2.75. The van der Waals surface area contributed by atoms with Gasteiger partial charge in [0.25, 0.3) is 16.0 Å². The molecule has 13 heteroatoms. The summed E-state index contributed by atoms with van der Waals surface area (Å²) in [7, 11) is -5.36. The van der Waals surface area contributed by atoms with E-state index in [1.165, 1.54) is 18.6 Å². The van der Waals surface area contributed by atoms with Gasteiger partial charge in [0.15, 0.2) is 0 Å². The highest BCUT2D eigenvalue weighted by molar-refractivity contribution is 7.85. The molecule has 0 radical (unpaired) electrons. The Balaban J connectivity index is 0.000000981. The highest BCUT2D eigenvalue weighted by atomic mass is 32.2. The van der Waals surface area contributed by atoms with Crippen LogP contribution in [0.4, 0.5) is 0 Å². The molecular formula is C20H29BN4O7S. The van der Waals surface area contributed by atoms with Gasteiger partial charge in [0, 0.05) is 18.8 Å². The number of amides is 2. The molecule has 0 aliphatic heterocycles. The maximum Gasteiger partial charge on any atom is 0.475 e. The molecule has 0 saturated heterocycles. The maximum atomic E-state index is 12.8. The van der Waals surface area contributed by atoms with Crippen molar-refractivity contribution < 1.29 is 32.6 Å². The normalized spacial score (nSPS) is 12.7. The van der Waals surface area contributed by atoms with Gasteiger partial charge in [-0.3, -0.25) is 19.1 Å². The van der Waals surface area contributed by atoms with E-state index in [-0.39, 0.29) is 18.0 Å². The summed E-state index contributed by atoms with van der Waals surface area (Å²) in [5, 5.41) is 24.5. The number of carbonyl (C=O) groups excluding carboxylic acids is 2. The smallest absolute Gasteiger partial charge is 0.426 e. The fourth-order valence-electron chi connectivity index (χ4n) is 2.75. The van der Waals surface area contributed by atoms with Crippen molar-refractivity contribution in [2.24, 2.45) is 5.92 Å². The Kier molecular flexibility index (Phi) is 11.6. The van der Waals surface area contributed by atoms with E-state index in [2.05, 4.69) is 20.6 Å². The molecule has 0 bridgehead atoms. The number of benzene rings is 1. The Morgan fingerprint density at radius 2 is 1.70 bits per heavy atom. The molecule has 0 aliphatic carbocycles. The van der Waals surface area contributed by atoms with Gasteiger partial charge in [0.1, 0.15) is 11.7 Å². The van der Waals surface area contributed by atoms with Crippen LogP contribution >= 0.6 is 0 Å². The summed E-state index contributed by atoms with van der Waals surface area (Å²) in [6.07, 6.45) is 5.50. The molecule has 0 spiro atoms. The van der Waals surface area contributed by atoms with Gasteiger partial charge in [0.2, 0.25) is 5.91 Å². The zero-order valence-corrected chi connectivity index (χ0v) is 19.4.